The summed E-state index contributed by atoms with van der Waals surface area (Å²) in [5.41, 5.74) is 6.03. The van der Waals surface area contributed by atoms with E-state index in [1.807, 2.05) is 12.3 Å². The first-order valence-electron chi connectivity index (χ1n) is 9.83. The van der Waals surface area contributed by atoms with E-state index in [-0.39, 0.29) is 0 Å². The molecule has 5 nitrogen and oxygen atoms in total. The molecule has 0 saturated carbocycles. The van der Waals surface area contributed by atoms with Gasteiger partial charge in [-0.25, -0.2) is 15.0 Å². The van der Waals surface area contributed by atoms with Gasteiger partial charge in [0.1, 0.15) is 10.6 Å². The third-order valence-electron chi connectivity index (χ3n) is 5.31. The fraction of sp³-hybridized carbons (Fsp3) is 0.318. The van der Waals surface area contributed by atoms with Crippen LogP contribution in [0.15, 0.2) is 35.5 Å². The van der Waals surface area contributed by atoms with Crippen molar-refractivity contribution in [2.24, 2.45) is 0 Å². The average molecular weight is 423 g/mol. The van der Waals surface area contributed by atoms with Crippen molar-refractivity contribution in [1.82, 2.24) is 15.0 Å². The Labute approximate surface area is 177 Å². The number of aliphatic hydroxyl groups excluding tert-OH is 1. The number of fused-ring (bicyclic) bond motifs is 5. The monoisotopic (exact) mass is 422 g/mol. The number of aromatic nitrogens is 3. The van der Waals surface area contributed by atoms with E-state index in [1.165, 1.54) is 33.8 Å². The van der Waals surface area contributed by atoms with Crippen molar-refractivity contribution in [3.05, 3.63) is 41.5 Å². The first kappa shape index (κ1) is 18.8. The summed E-state index contributed by atoms with van der Waals surface area (Å²) in [5, 5.41) is 15.0. The summed E-state index contributed by atoms with van der Waals surface area (Å²) < 4.78 is 1.02. The van der Waals surface area contributed by atoms with E-state index in [9.17, 15) is 5.11 Å². The highest BCUT2D eigenvalue weighted by Gasteiger charge is 2.25. The molecule has 1 aromatic carbocycles. The van der Waals surface area contributed by atoms with Crippen LogP contribution in [-0.2, 0) is 12.8 Å². The SMILES string of the molecule is CSc1nc(NCC(C)O)c2sc3nc(-c4ccccc4)c4c(c3c2n1)CCC4. The number of aliphatic hydroxyl groups is 1. The first-order chi connectivity index (χ1) is 14.2. The molecule has 0 aliphatic heterocycles. The van der Waals surface area contributed by atoms with Crippen molar-refractivity contribution in [3.63, 3.8) is 0 Å². The van der Waals surface area contributed by atoms with E-state index in [1.54, 1.807) is 18.3 Å². The zero-order valence-electron chi connectivity index (χ0n) is 16.4. The number of hydrogen-bond donors (Lipinski definition) is 2. The Hall–Kier alpha value is -2.22. The highest BCUT2D eigenvalue weighted by Crippen LogP contribution is 2.43. The minimum atomic E-state index is -0.445. The van der Waals surface area contributed by atoms with Crippen LogP contribution in [0.4, 0.5) is 5.82 Å². The Morgan fingerprint density at radius 1 is 1.14 bits per heavy atom. The van der Waals surface area contributed by atoms with E-state index < -0.39 is 6.10 Å². The average Bonchev–Trinajstić information content (AvgIpc) is 3.36. The molecule has 5 rings (SSSR count). The van der Waals surface area contributed by atoms with Gasteiger partial charge in [-0.1, -0.05) is 42.1 Å². The number of pyridine rings is 1. The lowest BCUT2D eigenvalue weighted by molar-refractivity contribution is 0.208. The predicted molar refractivity (Wildman–Crippen MR) is 122 cm³/mol. The largest absolute Gasteiger partial charge is 0.392 e. The van der Waals surface area contributed by atoms with Crippen LogP contribution in [0.5, 0.6) is 0 Å². The highest BCUT2D eigenvalue weighted by molar-refractivity contribution is 7.98. The molecule has 3 heterocycles. The van der Waals surface area contributed by atoms with E-state index in [0.717, 1.165) is 51.0 Å². The van der Waals surface area contributed by atoms with E-state index >= 15 is 0 Å². The predicted octanol–water partition coefficient (Wildman–Crippen LogP) is 4.91. The molecule has 1 unspecified atom stereocenters. The third kappa shape index (κ3) is 3.27. The van der Waals surface area contributed by atoms with Crippen LogP contribution >= 0.6 is 23.1 Å². The number of aryl methyl sites for hydroxylation is 1. The molecule has 0 saturated heterocycles. The Morgan fingerprint density at radius 2 is 1.93 bits per heavy atom. The molecular formula is C22H22N4OS2. The molecular weight excluding hydrogens is 400 g/mol. The first-order valence-corrected chi connectivity index (χ1v) is 11.9. The normalized spacial score (nSPS) is 14.4. The quantitative estimate of drug-likeness (QED) is 0.352. The van der Waals surface area contributed by atoms with E-state index in [0.29, 0.717) is 6.54 Å². The number of thiophene rings is 1. The second kappa shape index (κ2) is 7.55. The molecule has 2 N–H and O–H groups in total. The lowest BCUT2D eigenvalue weighted by atomic mass is 10.0. The second-order valence-corrected chi connectivity index (χ2v) is 9.16. The van der Waals surface area contributed by atoms with Gasteiger partial charge in [-0.3, -0.25) is 0 Å². The lowest BCUT2D eigenvalue weighted by Crippen LogP contribution is -2.16. The summed E-state index contributed by atoms with van der Waals surface area (Å²) in [4.78, 5) is 15.7. The van der Waals surface area contributed by atoms with Gasteiger partial charge in [-0.2, -0.15) is 0 Å². The molecule has 4 aromatic rings. The van der Waals surface area contributed by atoms with Crippen molar-refractivity contribution >= 4 is 49.3 Å². The van der Waals surface area contributed by atoms with Crippen molar-refractivity contribution < 1.29 is 5.11 Å². The number of anilines is 1. The molecule has 0 spiro atoms. The van der Waals surface area contributed by atoms with Crippen LogP contribution in [0.3, 0.4) is 0 Å². The Balaban J connectivity index is 1.79. The minimum Gasteiger partial charge on any atom is -0.392 e. The molecule has 0 fully saturated rings. The zero-order valence-corrected chi connectivity index (χ0v) is 18.0. The van der Waals surface area contributed by atoms with Gasteiger partial charge >= 0.3 is 0 Å². The van der Waals surface area contributed by atoms with Gasteiger partial charge in [-0.05, 0) is 43.6 Å². The summed E-state index contributed by atoms with van der Waals surface area (Å²) in [6.07, 6.45) is 4.83. The van der Waals surface area contributed by atoms with Crippen LogP contribution in [0, 0.1) is 0 Å². The fourth-order valence-corrected chi connectivity index (χ4v) is 5.51. The Kier molecular flexibility index (Phi) is 4.89. The number of hydrogen-bond acceptors (Lipinski definition) is 7. The molecule has 0 bridgehead atoms. The zero-order chi connectivity index (χ0) is 20.0. The minimum absolute atomic E-state index is 0.445. The smallest absolute Gasteiger partial charge is 0.189 e. The summed E-state index contributed by atoms with van der Waals surface area (Å²) >= 11 is 3.18. The molecule has 29 heavy (non-hydrogen) atoms. The summed E-state index contributed by atoms with van der Waals surface area (Å²) in [6.45, 7) is 2.22. The van der Waals surface area contributed by atoms with Crippen molar-refractivity contribution in [2.75, 3.05) is 18.1 Å². The number of nitrogens with zero attached hydrogens (tertiary/aromatic N) is 3. The number of nitrogens with one attached hydrogen (secondary N) is 1. The summed E-state index contributed by atoms with van der Waals surface area (Å²) in [5.74, 6) is 0.788. The summed E-state index contributed by atoms with van der Waals surface area (Å²) in [7, 11) is 0. The topological polar surface area (TPSA) is 70.9 Å². The molecule has 0 amide bonds. The van der Waals surface area contributed by atoms with Crippen LogP contribution < -0.4 is 5.32 Å². The van der Waals surface area contributed by atoms with Gasteiger partial charge in [0, 0.05) is 17.5 Å². The van der Waals surface area contributed by atoms with Gasteiger partial charge in [0.05, 0.1) is 22.0 Å². The third-order valence-corrected chi connectivity index (χ3v) is 6.94. The van der Waals surface area contributed by atoms with Crippen LogP contribution in [-0.4, -0.2) is 39.0 Å². The van der Waals surface area contributed by atoms with Gasteiger partial charge in [0.15, 0.2) is 5.16 Å². The number of benzene rings is 1. The highest BCUT2D eigenvalue weighted by atomic mass is 32.2. The number of thioether (sulfide) groups is 1. The lowest BCUT2D eigenvalue weighted by Gasteiger charge is -2.10. The molecule has 3 aromatic heterocycles. The van der Waals surface area contributed by atoms with Gasteiger partial charge < -0.3 is 10.4 Å². The Morgan fingerprint density at radius 3 is 2.69 bits per heavy atom. The van der Waals surface area contributed by atoms with Crippen LogP contribution in [0.25, 0.3) is 31.7 Å². The van der Waals surface area contributed by atoms with Crippen molar-refractivity contribution in [2.45, 2.75) is 37.4 Å². The van der Waals surface area contributed by atoms with Gasteiger partial charge in [0.2, 0.25) is 0 Å². The van der Waals surface area contributed by atoms with Crippen LogP contribution in [0.2, 0.25) is 0 Å². The van der Waals surface area contributed by atoms with Crippen molar-refractivity contribution in [3.8, 4) is 11.3 Å². The maximum atomic E-state index is 9.72. The van der Waals surface area contributed by atoms with Crippen LogP contribution in [0.1, 0.15) is 24.5 Å². The molecule has 0 radical (unpaired) electrons. The van der Waals surface area contributed by atoms with Gasteiger partial charge in [-0.15, -0.1) is 11.3 Å². The summed E-state index contributed by atoms with van der Waals surface area (Å²) in [6, 6.07) is 10.5. The maximum absolute atomic E-state index is 9.72. The molecule has 1 atom stereocenters. The molecule has 7 heteroatoms. The molecule has 148 valence electrons. The van der Waals surface area contributed by atoms with Crippen molar-refractivity contribution in [1.29, 1.82) is 0 Å². The molecule has 1 aliphatic rings. The maximum Gasteiger partial charge on any atom is 0.189 e. The van der Waals surface area contributed by atoms with Gasteiger partial charge in [0.25, 0.3) is 0 Å². The standard InChI is InChI=1S/C22H22N4OS2/c1-12(27)11-23-20-19-18(25-22(26-20)28-2)16-14-9-6-10-15(14)17(24-21(16)29-19)13-7-4-3-5-8-13/h3-5,7-8,12,27H,6,9-11H2,1-2H3,(H,23,25,26). The Bertz CT molecular complexity index is 1200. The van der Waals surface area contributed by atoms with E-state index in [4.69, 9.17) is 9.97 Å². The second-order valence-electron chi connectivity index (χ2n) is 7.39. The molecule has 1 aliphatic carbocycles. The fourth-order valence-electron chi connectivity index (χ4n) is 4.04. The van der Waals surface area contributed by atoms with E-state index in [2.05, 4.69) is 34.6 Å². The number of rotatable bonds is 5.